The Kier molecular flexibility index (Phi) is 6.92. The fourth-order valence-corrected chi connectivity index (χ4v) is 7.51. The summed E-state index contributed by atoms with van der Waals surface area (Å²) < 4.78 is 76.9. The molecular weight excluding hydrogens is 687 g/mol. The van der Waals surface area contributed by atoms with Gasteiger partial charge in [0.25, 0.3) is 0 Å². The largest absolute Gasteiger partial charge is 0.311 e. The van der Waals surface area contributed by atoms with Crippen molar-refractivity contribution in [2.24, 2.45) is 0 Å². The maximum Gasteiger partial charge on any atom is 0.0645 e. The van der Waals surface area contributed by atoms with Crippen LogP contribution in [0, 0.1) is 0 Å². The number of anilines is 3. The van der Waals surface area contributed by atoms with Gasteiger partial charge < -0.3 is 4.90 Å². The summed E-state index contributed by atoms with van der Waals surface area (Å²) in [4.78, 5) is 1.36. The third-order valence-electron chi connectivity index (χ3n) is 10.4. The van der Waals surface area contributed by atoms with Crippen LogP contribution in [0.5, 0.6) is 0 Å². The quantitative estimate of drug-likeness (QED) is 0.150. The molecule has 57 heavy (non-hydrogen) atoms. The van der Waals surface area contributed by atoms with Crippen LogP contribution in [0.2, 0.25) is 0 Å². The van der Waals surface area contributed by atoms with E-state index in [4.69, 9.17) is 0 Å². The van der Waals surface area contributed by atoms with Crippen molar-refractivity contribution in [3.8, 4) is 55.6 Å². The minimum absolute atomic E-state index is 0.106. The number of nitrogens with zero attached hydrogens (tertiary/aromatic N) is 1. The van der Waals surface area contributed by atoms with Crippen LogP contribution in [0.3, 0.4) is 0 Å². The first-order valence-corrected chi connectivity index (χ1v) is 18.9. The average molecular weight is 734 g/mol. The van der Waals surface area contributed by atoms with Crippen LogP contribution in [-0.2, 0) is 0 Å². The molecule has 0 bridgehead atoms. The molecule has 0 saturated heterocycles. The molecule has 0 aromatic heterocycles. The fraction of sp³-hybridized carbons (Fsp3) is 0. The molecule has 0 aliphatic rings. The van der Waals surface area contributed by atoms with Crippen LogP contribution in [0.4, 0.5) is 17.1 Å². The van der Waals surface area contributed by atoms with Gasteiger partial charge in [-0.1, -0.05) is 194 Å². The Balaban J connectivity index is 1.19. The summed E-state index contributed by atoms with van der Waals surface area (Å²) in [5.41, 5.74) is 6.54. The lowest BCUT2D eigenvalue weighted by Crippen LogP contribution is -2.09. The zero-order valence-corrected chi connectivity index (χ0v) is 30.8. The van der Waals surface area contributed by atoms with Gasteiger partial charge in [-0.2, -0.15) is 0 Å². The van der Waals surface area contributed by atoms with Crippen molar-refractivity contribution in [1.29, 1.82) is 0 Å². The molecule has 1 heteroatoms. The molecule has 0 unspecified atom stereocenters. The van der Waals surface area contributed by atoms with Crippen molar-refractivity contribution in [2.75, 3.05) is 4.90 Å². The number of benzene rings is 10. The fourth-order valence-electron chi connectivity index (χ4n) is 7.51. The van der Waals surface area contributed by atoms with Crippen LogP contribution in [-0.4, -0.2) is 0 Å². The Bertz CT molecular complexity index is 3390. The molecule has 268 valence electrons. The summed E-state index contributed by atoms with van der Waals surface area (Å²) in [6.07, 6.45) is 0. The SMILES string of the molecule is [2H]c1c([2H])c(N(c2ccc(-c3ccc4ccccc4c3)cc2)c2c([2H])c([2H])c(-c3c(-c4ccccc4)ccc4ccccc34)c([2H])c2[2H])c([2H])c([2H])c1-c1ccc(-c2ccccc2)cc1. The molecule has 10 aromatic rings. The molecule has 0 aliphatic carbocycles. The van der Waals surface area contributed by atoms with Crippen molar-refractivity contribution in [3.05, 3.63) is 236 Å². The second-order valence-corrected chi connectivity index (χ2v) is 13.9. The molecule has 0 heterocycles. The topological polar surface area (TPSA) is 3.24 Å². The van der Waals surface area contributed by atoms with E-state index in [1.54, 1.807) is 24.3 Å². The normalized spacial score (nSPS) is 13.1. The van der Waals surface area contributed by atoms with E-state index >= 15 is 0 Å². The summed E-state index contributed by atoms with van der Waals surface area (Å²) >= 11 is 0. The second-order valence-electron chi connectivity index (χ2n) is 13.9. The van der Waals surface area contributed by atoms with Crippen LogP contribution in [0.15, 0.2) is 236 Å². The predicted octanol–water partition coefficient (Wildman–Crippen LogP) is 15.8. The van der Waals surface area contributed by atoms with Gasteiger partial charge in [0.2, 0.25) is 0 Å². The van der Waals surface area contributed by atoms with Gasteiger partial charge in [0.05, 0.1) is 11.0 Å². The van der Waals surface area contributed by atoms with E-state index in [-0.39, 0.29) is 46.7 Å². The first-order chi connectivity index (χ1) is 31.6. The third-order valence-corrected chi connectivity index (χ3v) is 10.4. The van der Waals surface area contributed by atoms with Gasteiger partial charge in [0.15, 0.2) is 0 Å². The summed E-state index contributed by atoms with van der Waals surface area (Å²) in [6.45, 7) is 0. The van der Waals surface area contributed by atoms with Gasteiger partial charge >= 0.3 is 0 Å². The van der Waals surface area contributed by atoms with Gasteiger partial charge in [-0.15, -0.1) is 0 Å². The van der Waals surface area contributed by atoms with E-state index < -0.39 is 24.2 Å². The summed E-state index contributed by atoms with van der Waals surface area (Å²) in [7, 11) is 0. The lowest BCUT2D eigenvalue weighted by molar-refractivity contribution is 1.28. The molecule has 0 radical (unpaired) electrons. The van der Waals surface area contributed by atoms with E-state index in [2.05, 4.69) is 18.2 Å². The molecule has 0 fully saturated rings. The molecule has 1 nitrogen and oxygen atoms in total. The molecular formula is C56H39N. The van der Waals surface area contributed by atoms with Gasteiger partial charge in [-0.05, 0) is 120 Å². The summed E-state index contributed by atoms with van der Waals surface area (Å²) in [6, 6.07) is 57.1. The highest BCUT2D eigenvalue weighted by Crippen LogP contribution is 2.41. The van der Waals surface area contributed by atoms with Gasteiger partial charge in [-0.3, -0.25) is 0 Å². The summed E-state index contributed by atoms with van der Waals surface area (Å²) in [5.74, 6) is 0. The van der Waals surface area contributed by atoms with E-state index in [9.17, 15) is 11.0 Å². The molecule has 0 amide bonds. The molecule has 0 atom stereocenters. The Morgan fingerprint density at radius 2 is 0.737 bits per heavy atom. The van der Waals surface area contributed by atoms with Crippen LogP contribution in [0.25, 0.3) is 77.2 Å². The average Bonchev–Trinajstić information content (AvgIpc) is 3.35. The highest BCUT2D eigenvalue weighted by molar-refractivity contribution is 6.04. The minimum atomic E-state index is -0.399. The maximum absolute atomic E-state index is 9.76. The smallest absolute Gasteiger partial charge is 0.0645 e. The van der Waals surface area contributed by atoms with Crippen molar-refractivity contribution in [1.82, 2.24) is 0 Å². The molecule has 0 N–H and O–H groups in total. The van der Waals surface area contributed by atoms with Gasteiger partial charge in [0, 0.05) is 17.1 Å². The number of fused-ring (bicyclic) bond motifs is 2. The van der Waals surface area contributed by atoms with Gasteiger partial charge in [0.1, 0.15) is 0 Å². The standard InChI is InChI=1S/C56H39N/c1-3-11-40(12-4-1)42-19-21-43(22-20-42)44-25-32-51(33-26-44)57(52-34-27-45(28-35-52)50-24-23-41-13-7-8-17-49(41)39-50)53-36-29-48(30-37-53)56-54-18-10-9-16-47(54)31-38-55(56)46-14-5-2-6-15-46/h1-39H/i25D,26D,29D,30D,32D,33D,36D,37D. The predicted molar refractivity (Wildman–Crippen MR) is 243 cm³/mol. The Labute approximate surface area is 345 Å². The minimum Gasteiger partial charge on any atom is -0.311 e. The lowest BCUT2D eigenvalue weighted by Gasteiger charge is -2.26. The second kappa shape index (κ2) is 15.0. The van der Waals surface area contributed by atoms with Crippen molar-refractivity contribution >= 4 is 38.6 Å². The van der Waals surface area contributed by atoms with Crippen LogP contribution < -0.4 is 4.90 Å². The number of rotatable bonds is 8. The van der Waals surface area contributed by atoms with Crippen molar-refractivity contribution in [2.45, 2.75) is 0 Å². The first kappa shape index (κ1) is 26.3. The maximum atomic E-state index is 9.76. The number of hydrogen-bond donors (Lipinski definition) is 0. The third kappa shape index (κ3) is 6.77. The Hall–Kier alpha value is -7.48. The van der Waals surface area contributed by atoms with E-state index in [0.29, 0.717) is 16.8 Å². The zero-order chi connectivity index (χ0) is 44.9. The van der Waals surface area contributed by atoms with E-state index in [1.165, 1.54) is 4.90 Å². The molecule has 0 spiro atoms. The molecule has 10 aromatic carbocycles. The molecule has 10 rings (SSSR count). The van der Waals surface area contributed by atoms with Crippen molar-refractivity contribution in [3.63, 3.8) is 0 Å². The van der Waals surface area contributed by atoms with Gasteiger partial charge in [-0.25, -0.2) is 0 Å². The Morgan fingerprint density at radius 3 is 1.40 bits per heavy atom. The van der Waals surface area contributed by atoms with Crippen LogP contribution in [0.1, 0.15) is 11.0 Å². The lowest BCUT2D eigenvalue weighted by atomic mass is 9.89. The first-order valence-electron chi connectivity index (χ1n) is 22.9. The zero-order valence-electron chi connectivity index (χ0n) is 38.8. The van der Waals surface area contributed by atoms with E-state index in [0.717, 1.165) is 54.9 Å². The molecule has 0 saturated carbocycles. The Morgan fingerprint density at radius 1 is 0.281 bits per heavy atom. The number of hydrogen-bond acceptors (Lipinski definition) is 1. The van der Waals surface area contributed by atoms with E-state index in [1.807, 2.05) is 146 Å². The molecule has 0 aliphatic heterocycles. The van der Waals surface area contributed by atoms with Crippen molar-refractivity contribution < 1.29 is 11.0 Å². The highest BCUT2D eigenvalue weighted by atomic mass is 15.1. The van der Waals surface area contributed by atoms with Crippen LogP contribution >= 0.6 is 0 Å². The monoisotopic (exact) mass is 733 g/mol. The summed E-state index contributed by atoms with van der Waals surface area (Å²) in [5, 5.41) is 3.80. The highest BCUT2D eigenvalue weighted by Gasteiger charge is 2.16.